The lowest BCUT2D eigenvalue weighted by Crippen LogP contribution is -2.41. The van der Waals surface area contributed by atoms with Crippen molar-refractivity contribution in [3.05, 3.63) is 71.7 Å². The van der Waals surface area contributed by atoms with Crippen LogP contribution in [0.2, 0.25) is 0 Å². The van der Waals surface area contributed by atoms with Gasteiger partial charge in [0.05, 0.1) is 0 Å². The molecule has 1 fully saturated rings. The van der Waals surface area contributed by atoms with E-state index in [1.54, 1.807) is 53.7 Å². The summed E-state index contributed by atoms with van der Waals surface area (Å²) in [7, 11) is 0. The van der Waals surface area contributed by atoms with Crippen molar-refractivity contribution in [3.63, 3.8) is 0 Å². The van der Waals surface area contributed by atoms with E-state index >= 15 is 0 Å². The van der Waals surface area contributed by atoms with Gasteiger partial charge in [0.2, 0.25) is 0 Å². The van der Waals surface area contributed by atoms with Gasteiger partial charge >= 0.3 is 0 Å². The average Bonchev–Trinajstić information content (AvgIpc) is 2.69. The molecule has 128 valence electrons. The Morgan fingerprint density at radius 1 is 1.00 bits per heavy atom. The molecule has 1 saturated heterocycles. The predicted octanol–water partition coefficient (Wildman–Crippen LogP) is 2.87. The summed E-state index contributed by atoms with van der Waals surface area (Å²) in [6, 6.07) is 12.5. The van der Waals surface area contributed by atoms with Crippen LogP contribution in [0.15, 0.2) is 60.6 Å². The zero-order chi connectivity index (χ0) is 17.5. The van der Waals surface area contributed by atoms with E-state index in [4.69, 9.17) is 0 Å². The van der Waals surface area contributed by atoms with Gasteiger partial charge in [0, 0.05) is 31.0 Å². The monoisotopic (exact) mass is 335 g/mol. The Bertz CT molecular complexity index is 751. The van der Waals surface area contributed by atoms with Crippen LogP contribution < -0.4 is 5.32 Å². The topological polar surface area (TPSA) is 62.3 Å². The first kappa shape index (κ1) is 16.9. The lowest BCUT2D eigenvalue weighted by atomic mass is 10.1. The minimum Gasteiger partial charge on any atom is -0.337 e. The molecule has 2 aromatic rings. The van der Waals surface area contributed by atoms with Crippen LogP contribution in [0, 0.1) is 0 Å². The SMILES string of the molecule is O=C(N/C(=C/c1cccnc1)C(=O)N1CCCCC1)c1ccccc1. The van der Waals surface area contributed by atoms with Crippen LogP contribution in [-0.4, -0.2) is 34.8 Å². The molecule has 1 aliphatic rings. The second kappa shape index (κ2) is 8.24. The number of piperidine rings is 1. The highest BCUT2D eigenvalue weighted by Gasteiger charge is 2.22. The van der Waals surface area contributed by atoms with Gasteiger partial charge in [-0.1, -0.05) is 24.3 Å². The van der Waals surface area contributed by atoms with Gasteiger partial charge in [-0.15, -0.1) is 0 Å². The molecule has 25 heavy (non-hydrogen) atoms. The summed E-state index contributed by atoms with van der Waals surface area (Å²) in [5.74, 6) is -0.436. The van der Waals surface area contributed by atoms with E-state index in [9.17, 15) is 9.59 Å². The molecule has 0 aliphatic carbocycles. The number of nitrogens with one attached hydrogen (secondary N) is 1. The minimum absolute atomic E-state index is 0.146. The third kappa shape index (κ3) is 4.53. The predicted molar refractivity (Wildman–Crippen MR) is 96.6 cm³/mol. The maximum atomic E-state index is 12.9. The lowest BCUT2D eigenvalue weighted by molar-refractivity contribution is -0.128. The fourth-order valence-corrected chi connectivity index (χ4v) is 2.83. The molecule has 5 nitrogen and oxygen atoms in total. The number of benzene rings is 1. The summed E-state index contributed by atoms with van der Waals surface area (Å²) < 4.78 is 0. The van der Waals surface area contributed by atoms with Gasteiger partial charge < -0.3 is 10.2 Å². The first-order valence-corrected chi connectivity index (χ1v) is 8.51. The Kier molecular flexibility index (Phi) is 5.57. The molecule has 1 N–H and O–H groups in total. The minimum atomic E-state index is -0.291. The normalized spacial score (nSPS) is 14.9. The number of carbonyl (C=O) groups excluding carboxylic acids is 2. The second-order valence-electron chi connectivity index (χ2n) is 6.02. The van der Waals surface area contributed by atoms with Crippen molar-refractivity contribution < 1.29 is 9.59 Å². The highest BCUT2D eigenvalue weighted by atomic mass is 16.2. The Morgan fingerprint density at radius 3 is 2.44 bits per heavy atom. The van der Waals surface area contributed by atoms with Gasteiger partial charge in [-0.2, -0.15) is 0 Å². The van der Waals surface area contributed by atoms with Gasteiger partial charge in [-0.25, -0.2) is 0 Å². The number of rotatable bonds is 4. The van der Waals surface area contributed by atoms with Crippen LogP contribution >= 0.6 is 0 Å². The third-order valence-electron chi connectivity index (χ3n) is 4.15. The second-order valence-corrected chi connectivity index (χ2v) is 6.02. The van der Waals surface area contributed by atoms with Crippen molar-refractivity contribution in [2.45, 2.75) is 19.3 Å². The van der Waals surface area contributed by atoms with Crippen molar-refractivity contribution in [2.24, 2.45) is 0 Å². The molecule has 2 heterocycles. The number of nitrogens with zero attached hydrogens (tertiary/aromatic N) is 2. The molecule has 0 saturated carbocycles. The van der Waals surface area contributed by atoms with Crippen molar-refractivity contribution in [2.75, 3.05) is 13.1 Å². The molecule has 1 aromatic heterocycles. The number of pyridine rings is 1. The first-order chi connectivity index (χ1) is 12.2. The van der Waals surface area contributed by atoms with Gasteiger partial charge in [-0.05, 0) is 49.1 Å². The van der Waals surface area contributed by atoms with Crippen LogP contribution in [-0.2, 0) is 4.79 Å². The number of hydrogen-bond acceptors (Lipinski definition) is 3. The summed E-state index contributed by atoms with van der Waals surface area (Å²) in [6.07, 6.45) is 8.16. The zero-order valence-corrected chi connectivity index (χ0v) is 14.0. The Morgan fingerprint density at radius 2 is 1.76 bits per heavy atom. The van der Waals surface area contributed by atoms with Crippen LogP contribution in [0.1, 0.15) is 35.2 Å². The number of likely N-dealkylation sites (tertiary alicyclic amines) is 1. The molecule has 3 rings (SSSR count). The van der Waals surface area contributed by atoms with E-state index in [0.29, 0.717) is 5.56 Å². The summed E-state index contributed by atoms with van der Waals surface area (Å²) in [4.78, 5) is 31.3. The number of carbonyl (C=O) groups is 2. The lowest BCUT2D eigenvalue weighted by Gasteiger charge is -2.27. The molecule has 2 amide bonds. The van der Waals surface area contributed by atoms with Gasteiger partial charge in [0.1, 0.15) is 5.70 Å². The number of aromatic nitrogens is 1. The highest BCUT2D eigenvalue weighted by Crippen LogP contribution is 2.14. The van der Waals surface area contributed by atoms with E-state index in [1.807, 2.05) is 12.1 Å². The Labute approximate surface area is 147 Å². The van der Waals surface area contributed by atoms with Crippen LogP contribution in [0.5, 0.6) is 0 Å². The first-order valence-electron chi connectivity index (χ1n) is 8.51. The quantitative estimate of drug-likeness (QED) is 0.874. The third-order valence-corrected chi connectivity index (χ3v) is 4.15. The maximum absolute atomic E-state index is 12.9. The van der Waals surface area contributed by atoms with Crippen molar-refractivity contribution in [1.29, 1.82) is 0 Å². The summed E-state index contributed by atoms with van der Waals surface area (Å²) in [5.41, 5.74) is 1.58. The Hall–Kier alpha value is -2.95. The number of hydrogen-bond donors (Lipinski definition) is 1. The smallest absolute Gasteiger partial charge is 0.270 e. The van der Waals surface area contributed by atoms with Crippen LogP contribution in [0.3, 0.4) is 0 Å². The molecule has 0 unspecified atom stereocenters. The van der Waals surface area contributed by atoms with Crippen molar-refractivity contribution >= 4 is 17.9 Å². The zero-order valence-electron chi connectivity index (χ0n) is 14.0. The van der Waals surface area contributed by atoms with E-state index in [0.717, 1.165) is 37.9 Å². The van der Waals surface area contributed by atoms with Gasteiger partial charge in [0.25, 0.3) is 11.8 Å². The van der Waals surface area contributed by atoms with Crippen LogP contribution in [0.25, 0.3) is 6.08 Å². The van der Waals surface area contributed by atoms with E-state index in [-0.39, 0.29) is 17.5 Å². The van der Waals surface area contributed by atoms with Gasteiger partial charge in [0.15, 0.2) is 0 Å². The molecule has 1 aliphatic heterocycles. The van der Waals surface area contributed by atoms with Crippen molar-refractivity contribution in [3.8, 4) is 0 Å². The molecular weight excluding hydrogens is 314 g/mol. The molecule has 0 spiro atoms. The van der Waals surface area contributed by atoms with E-state index < -0.39 is 0 Å². The molecule has 0 atom stereocenters. The van der Waals surface area contributed by atoms with E-state index in [1.165, 1.54) is 0 Å². The highest BCUT2D eigenvalue weighted by molar-refractivity contribution is 6.05. The summed E-state index contributed by atoms with van der Waals surface area (Å²) in [5, 5.41) is 2.78. The molecule has 0 bridgehead atoms. The maximum Gasteiger partial charge on any atom is 0.270 e. The molecule has 0 radical (unpaired) electrons. The largest absolute Gasteiger partial charge is 0.337 e. The van der Waals surface area contributed by atoms with E-state index in [2.05, 4.69) is 10.3 Å². The fraction of sp³-hybridized carbons (Fsp3) is 0.250. The van der Waals surface area contributed by atoms with Gasteiger partial charge in [-0.3, -0.25) is 14.6 Å². The standard InChI is InChI=1S/C20H21N3O2/c24-19(17-9-3-1-4-10-17)22-18(14-16-8-7-11-21-15-16)20(25)23-12-5-2-6-13-23/h1,3-4,7-11,14-15H,2,5-6,12-13H2,(H,22,24)/b18-14+. The average molecular weight is 335 g/mol. The Balaban J connectivity index is 1.85. The fourth-order valence-electron chi connectivity index (χ4n) is 2.83. The molecular formula is C20H21N3O2. The van der Waals surface area contributed by atoms with Crippen LogP contribution in [0.4, 0.5) is 0 Å². The summed E-state index contributed by atoms with van der Waals surface area (Å²) >= 11 is 0. The number of amides is 2. The van der Waals surface area contributed by atoms with Crippen molar-refractivity contribution in [1.82, 2.24) is 15.2 Å². The molecule has 1 aromatic carbocycles. The summed E-state index contributed by atoms with van der Waals surface area (Å²) in [6.45, 7) is 1.45. The molecule has 5 heteroatoms.